The molecule has 0 unspecified atom stereocenters. The van der Waals surface area contributed by atoms with Crippen molar-refractivity contribution in [3.63, 3.8) is 0 Å². The molecule has 0 amide bonds. The van der Waals surface area contributed by atoms with E-state index >= 15 is 0 Å². The van der Waals surface area contributed by atoms with E-state index < -0.39 is 17.4 Å². The molecule has 1 aromatic rings. The van der Waals surface area contributed by atoms with Crippen LogP contribution in [0.25, 0.3) is 0 Å². The van der Waals surface area contributed by atoms with E-state index in [4.69, 9.17) is 9.47 Å². The number of carbonyl (C=O) groups excluding carboxylic acids is 2. The zero-order valence-electron chi connectivity index (χ0n) is 18.9. The lowest BCUT2D eigenvalue weighted by Crippen LogP contribution is -2.44. The summed E-state index contributed by atoms with van der Waals surface area (Å²) in [5.74, 6) is -0.483. The molecule has 4 heteroatoms. The Morgan fingerprint density at radius 3 is 1.83 bits per heavy atom. The van der Waals surface area contributed by atoms with Crippen molar-refractivity contribution in [2.75, 3.05) is 13.2 Å². The number of carbonyl (C=O) groups is 2. The molecule has 0 aliphatic carbocycles. The van der Waals surface area contributed by atoms with Gasteiger partial charge in [0.15, 0.2) is 5.41 Å². The summed E-state index contributed by atoms with van der Waals surface area (Å²) in [4.78, 5) is 26.5. The number of unbranched alkanes of at least 4 members (excludes halogenated alkanes) is 4. The fourth-order valence-corrected chi connectivity index (χ4v) is 3.31. The Morgan fingerprint density at radius 1 is 0.862 bits per heavy atom. The average Bonchev–Trinajstić information content (AvgIpc) is 2.72. The summed E-state index contributed by atoms with van der Waals surface area (Å²) >= 11 is 0. The molecule has 0 radical (unpaired) electrons. The number of hydrogen-bond donors (Lipinski definition) is 0. The normalized spacial score (nSPS) is 11.5. The lowest BCUT2D eigenvalue weighted by Gasteiger charge is -2.30. The van der Waals surface area contributed by atoms with Gasteiger partial charge in [0, 0.05) is 0 Å². The molecule has 0 N–H and O–H groups in total. The van der Waals surface area contributed by atoms with Crippen molar-refractivity contribution >= 4 is 11.9 Å². The summed E-state index contributed by atoms with van der Waals surface area (Å²) in [7, 11) is 0. The fourth-order valence-electron chi connectivity index (χ4n) is 3.31. The van der Waals surface area contributed by atoms with Crippen LogP contribution in [-0.4, -0.2) is 25.2 Å². The van der Waals surface area contributed by atoms with Crippen molar-refractivity contribution in [2.24, 2.45) is 11.3 Å². The van der Waals surface area contributed by atoms with Gasteiger partial charge in [-0.25, -0.2) is 0 Å². The largest absolute Gasteiger partial charge is 0.465 e. The summed E-state index contributed by atoms with van der Waals surface area (Å²) < 4.78 is 11.2. The van der Waals surface area contributed by atoms with Crippen molar-refractivity contribution in [3.05, 3.63) is 35.9 Å². The molecule has 0 aliphatic heterocycles. The van der Waals surface area contributed by atoms with Gasteiger partial charge in [-0.15, -0.1) is 0 Å². The zero-order valence-corrected chi connectivity index (χ0v) is 18.9. The maximum atomic E-state index is 13.3. The first kappa shape index (κ1) is 25.2. The van der Waals surface area contributed by atoms with Gasteiger partial charge >= 0.3 is 11.9 Å². The Labute approximate surface area is 177 Å². The predicted octanol–water partition coefficient (Wildman–Crippen LogP) is 6.12. The van der Waals surface area contributed by atoms with Crippen LogP contribution in [0.5, 0.6) is 0 Å². The van der Waals surface area contributed by atoms with E-state index in [9.17, 15) is 9.59 Å². The molecule has 0 aromatic heterocycles. The first-order valence-electron chi connectivity index (χ1n) is 11.3. The van der Waals surface area contributed by atoms with E-state index in [1.165, 1.54) is 0 Å². The monoisotopic (exact) mass is 404 g/mol. The highest BCUT2D eigenvalue weighted by Crippen LogP contribution is 2.34. The third kappa shape index (κ3) is 9.01. The zero-order chi connectivity index (χ0) is 21.5. The van der Waals surface area contributed by atoms with E-state index in [0.29, 0.717) is 32.0 Å². The number of esters is 2. The maximum Gasteiger partial charge on any atom is 0.323 e. The quantitative estimate of drug-likeness (QED) is 0.201. The van der Waals surface area contributed by atoms with E-state index in [-0.39, 0.29) is 0 Å². The molecular weight excluding hydrogens is 364 g/mol. The lowest BCUT2D eigenvalue weighted by atomic mass is 9.76. The summed E-state index contributed by atoms with van der Waals surface area (Å²) in [6.45, 7) is 9.14. The Kier molecular flexibility index (Phi) is 12.3. The van der Waals surface area contributed by atoms with E-state index in [2.05, 4.69) is 27.7 Å². The molecule has 4 nitrogen and oxygen atoms in total. The molecule has 1 rings (SSSR count). The minimum absolute atomic E-state index is 0.319. The van der Waals surface area contributed by atoms with Crippen LogP contribution >= 0.6 is 0 Å². The molecule has 0 saturated carbocycles. The topological polar surface area (TPSA) is 52.6 Å². The SMILES string of the molecule is CCCCCOC(=O)C(CCC(C)C)(Cc1ccccc1)C(=O)OCCCCC. The van der Waals surface area contributed by atoms with Gasteiger partial charge in [0.05, 0.1) is 13.2 Å². The van der Waals surface area contributed by atoms with Crippen LogP contribution in [0.3, 0.4) is 0 Å². The minimum Gasteiger partial charge on any atom is -0.465 e. The van der Waals surface area contributed by atoms with Gasteiger partial charge in [-0.1, -0.05) is 83.7 Å². The van der Waals surface area contributed by atoms with E-state index in [0.717, 1.165) is 50.5 Å². The molecular formula is C25H40O4. The van der Waals surface area contributed by atoms with Crippen LogP contribution < -0.4 is 0 Å². The minimum atomic E-state index is -1.27. The molecule has 0 fully saturated rings. The summed E-state index contributed by atoms with van der Waals surface area (Å²) in [6, 6.07) is 9.71. The second kappa shape index (κ2) is 14.2. The Hall–Kier alpha value is -1.84. The summed E-state index contributed by atoms with van der Waals surface area (Å²) in [6.07, 6.45) is 7.29. The van der Waals surface area contributed by atoms with Crippen molar-refractivity contribution in [1.29, 1.82) is 0 Å². The van der Waals surface area contributed by atoms with Gasteiger partial charge in [-0.3, -0.25) is 9.59 Å². The second-order valence-electron chi connectivity index (χ2n) is 8.36. The fraction of sp³-hybridized carbons (Fsp3) is 0.680. The van der Waals surface area contributed by atoms with Crippen LogP contribution in [0, 0.1) is 11.3 Å². The Balaban J connectivity index is 3.08. The molecule has 0 atom stereocenters. The molecule has 0 spiro atoms. The lowest BCUT2D eigenvalue weighted by molar-refractivity contribution is -0.173. The van der Waals surface area contributed by atoms with Gasteiger partial charge in [-0.05, 0) is 43.6 Å². The number of ether oxygens (including phenoxy) is 2. The van der Waals surface area contributed by atoms with Crippen molar-refractivity contribution in [1.82, 2.24) is 0 Å². The standard InChI is InChI=1S/C25H40O4/c1-5-7-12-18-28-23(26)25(17-16-21(3)4,20-22-14-10-9-11-15-22)24(27)29-19-13-8-6-2/h9-11,14-15,21H,5-8,12-13,16-20H2,1-4H3. The number of hydrogen-bond acceptors (Lipinski definition) is 4. The maximum absolute atomic E-state index is 13.3. The van der Waals surface area contributed by atoms with Crippen molar-refractivity contribution in [3.8, 4) is 0 Å². The third-order valence-corrected chi connectivity index (χ3v) is 5.24. The molecule has 0 saturated heterocycles. The van der Waals surface area contributed by atoms with Gasteiger partial charge < -0.3 is 9.47 Å². The van der Waals surface area contributed by atoms with Gasteiger partial charge in [0.25, 0.3) is 0 Å². The molecule has 0 bridgehead atoms. The van der Waals surface area contributed by atoms with Crippen molar-refractivity contribution < 1.29 is 19.1 Å². The molecule has 164 valence electrons. The first-order chi connectivity index (χ1) is 14.0. The first-order valence-corrected chi connectivity index (χ1v) is 11.3. The highest BCUT2D eigenvalue weighted by atomic mass is 16.6. The number of benzene rings is 1. The van der Waals surface area contributed by atoms with Crippen LogP contribution in [0.1, 0.15) is 84.6 Å². The highest BCUT2D eigenvalue weighted by molar-refractivity contribution is 6.00. The van der Waals surface area contributed by atoms with E-state index in [1.54, 1.807) is 0 Å². The summed E-state index contributed by atoms with van der Waals surface area (Å²) in [5.41, 5.74) is -0.323. The molecule has 0 heterocycles. The van der Waals surface area contributed by atoms with Crippen LogP contribution in [0.15, 0.2) is 30.3 Å². The average molecular weight is 405 g/mol. The highest BCUT2D eigenvalue weighted by Gasteiger charge is 2.48. The number of rotatable bonds is 15. The second-order valence-corrected chi connectivity index (χ2v) is 8.36. The summed E-state index contributed by atoms with van der Waals surface area (Å²) in [5, 5.41) is 0. The molecule has 29 heavy (non-hydrogen) atoms. The smallest absolute Gasteiger partial charge is 0.323 e. The van der Waals surface area contributed by atoms with Crippen molar-refractivity contribution in [2.45, 2.75) is 85.5 Å². The van der Waals surface area contributed by atoms with Crippen LogP contribution in [0.4, 0.5) is 0 Å². The van der Waals surface area contributed by atoms with Crippen LogP contribution in [-0.2, 0) is 25.5 Å². The molecule has 0 aliphatic rings. The Morgan fingerprint density at radius 2 is 1.38 bits per heavy atom. The third-order valence-electron chi connectivity index (χ3n) is 5.24. The predicted molar refractivity (Wildman–Crippen MR) is 118 cm³/mol. The molecule has 1 aromatic carbocycles. The Bertz CT molecular complexity index is 556. The van der Waals surface area contributed by atoms with Crippen LogP contribution in [0.2, 0.25) is 0 Å². The van der Waals surface area contributed by atoms with E-state index in [1.807, 2.05) is 30.3 Å². The van der Waals surface area contributed by atoms with Gasteiger partial charge in [0.1, 0.15) is 0 Å². The van der Waals surface area contributed by atoms with Gasteiger partial charge in [0.2, 0.25) is 0 Å². The van der Waals surface area contributed by atoms with Gasteiger partial charge in [-0.2, -0.15) is 0 Å².